The predicted octanol–water partition coefficient (Wildman–Crippen LogP) is 2.94. The van der Waals surface area contributed by atoms with Crippen molar-refractivity contribution in [2.45, 2.75) is 11.3 Å². The lowest BCUT2D eigenvalue weighted by molar-refractivity contribution is -0.116. The van der Waals surface area contributed by atoms with Crippen molar-refractivity contribution in [2.24, 2.45) is 12.8 Å². The molecule has 3 rings (SSSR count). The first-order valence-corrected chi connectivity index (χ1v) is 8.86. The smallest absolute Gasteiger partial charge is 0.228 e. The molecule has 25 heavy (non-hydrogen) atoms. The standard InChI is InChI=1S/C19H19N3O2S/c1-22-11-13(14-6-2-4-8-16(14)22)10-19(24)21-15-7-3-5-9-17(15)25-12-18(20)23/h2-9,11H,10,12H2,1H3,(H2,20,23)(H,21,24). The number of hydrogen-bond acceptors (Lipinski definition) is 3. The fraction of sp³-hybridized carbons (Fsp3) is 0.158. The molecule has 0 aliphatic carbocycles. The molecule has 0 saturated heterocycles. The van der Waals surface area contributed by atoms with Crippen molar-refractivity contribution in [3.8, 4) is 0 Å². The maximum absolute atomic E-state index is 12.5. The Morgan fingerprint density at radius 2 is 1.84 bits per heavy atom. The lowest BCUT2D eigenvalue weighted by Crippen LogP contribution is -2.16. The summed E-state index contributed by atoms with van der Waals surface area (Å²) in [7, 11) is 1.97. The van der Waals surface area contributed by atoms with E-state index >= 15 is 0 Å². The van der Waals surface area contributed by atoms with Crippen molar-refractivity contribution in [1.29, 1.82) is 0 Å². The molecule has 128 valence electrons. The number of nitrogens with zero attached hydrogens (tertiary/aromatic N) is 1. The van der Waals surface area contributed by atoms with Gasteiger partial charge in [-0.05, 0) is 23.8 Å². The van der Waals surface area contributed by atoms with Crippen LogP contribution in [0.4, 0.5) is 5.69 Å². The van der Waals surface area contributed by atoms with Crippen molar-refractivity contribution < 1.29 is 9.59 Å². The molecule has 0 atom stereocenters. The average Bonchev–Trinajstić information content (AvgIpc) is 2.90. The lowest BCUT2D eigenvalue weighted by atomic mass is 10.1. The zero-order chi connectivity index (χ0) is 17.8. The summed E-state index contributed by atoms with van der Waals surface area (Å²) in [6, 6.07) is 15.4. The Hall–Kier alpha value is -2.73. The first-order valence-electron chi connectivity index (χ1n) is 7.87. The van der Waals surface area contributed by atoms with Crippen molar-refractivity contribution in [3.05, 3.63) is 60.3 Å². The number of carbonyl (C=O) groups is 2. The summed E-state index contributed by atoms with van der Waals surface area (Å²) in [6.07, 6.45) is 2.27. The van der Waals surface area contributed by atoms with Crippen LogP contribution in [0.1, 0.15) is 5.56 Å². The molecule has 0 fully saturated rings. The number of thioether (sulfide) groups is 1. The van der Waals surface area contributed by atoms with Crippen LogP contribution in [-0.2, 0) is 23.1 Å². The van der Waals surface area contributed by atoms with Gasteiger partial charge in [0.2, 0.25) is 11.8 Å². The Balaban J connectivity index is 1.75. The van der Waals surface area contributed by atoms with Crippen LogP contribution >= 0.6 is 11.8 Å². The summed E-state index contributed by atoms with van der Waals surface area (Å²) in [5.41, 5.74) is 7.98. The number of carbonyl (C=O) groups excluding carboxylic acids is 2. The van der Waals surface area contributed by atoms with E-state index in [1.807, 2.05) is 66.3 Å². The van der Waals surface area contributed by atoms with Crippen molar-refractivity contribution >= 4 is 40.2 Å². The number of hydrogen-bond donors (Lipinski definition) is 2. The molecule has 0 saturated carbocycles. The molecule has 3 aromatic rings. The van der Waals surface area contributed by atoms with E-state index in [0.29, 0.717) is 5.69 Å². The summed E-state index contributed by atoms with van der Waals surface area (Å²) >= 11 is 1.32. The number of anilines is 1. The molecule has 6 heteroatoms. The topological polar surface area (TPSA) is 77.1 Å². The van der Waals surface area contributed by atoms with Gasteiger partial charge in [0.25, 0.3) is 0 Å². The van der Waals surface area contributed by atoms with Gasteiger partial charge in [-0.3, -0.25) is 9.59 Å². The summed E-state index contributed by atoms with van der Waals surface area (Å²) < 4.78 is 2.02. The number of fused-ring (bicyclic) bond motifs is 1. The second kappa shape index (κ2) is 7.44. The maximum Gasteiger partial charge on any atom is 0.228 e. The van der Waals surface area contributed by atoms with Gasteiger partial charge >= 0.3 is 0 Å². The number of para-hydroxylation sites is 2. The molecule has 0 bridgehead atoms. The van der Waals surface area contributed by atoms with Crippen molar-refractivity contribution in [3.63, 3.8) is 0 Å². The first kappa shape index (κ1) is 17.1. The third-order valence-electron chi connectivity index (χ3n) is 3.86. The van der Waals surface area contributed by atoms with Gasteiger partial charge in [0, 0.05) is 29.0 Å². The highest BCUT2D eigenvalue weighted by Crippen LogP contribution is 2.27. The Kier molecular flexibility index (Phi) is 5.09. The Bertz CT molecular complexity index is 933. The molecule has 0 radical (unpaired) electrons. The normalized spacial score (nSPS) is 10.8. The minimum absolute atomic E-state index is 0.0940. The van der Waals surface area contributed by atoms with Gasteiger partial charge in [0.05, 0.1) is 17.9 Å². The molecular weight excluding hydrogens is 334 g/mol. The van der Waals surface area contributed by atoms with Gasteiger partial charge < -0.3 is 15.6 Å². The predicted molar refractivity (Wildman–Crippen MR) is 102 cm³/mol. The number of primary amides is 1. The SMILES string of the molecule is Cn1cc(CC(=O)Nc2ccccc2SCC(N)=O)c2ccccc21. The molecule has 0 spiro atoms. The van der Waals surface area contributed by atoms with Crippen LogP contribution in [0, 0.1) is 0 Å². The highest BCUT2D eigenvalue weighted by Gasteiger charge is 2.12. The van der Waals surface area contributed by atoms with Crippen LogP contribution in [0.2, 0.25) is 0 Å². The molecule has 2 amide bonds. The van der Waals surface area contributed by atoms with Crippen LogP contribution in [0.25, 0.3) is 10.9 Å². The third kappa shape index (κ3) is 4.03. The van der Waals surface area contributed by atoms with E-state index < -0.39 is 0 Å². The van der Waals surface area contributed by atoms with Gasteiger partial charge in [-0.15, -0.1) is 11.8 Å². The van der Waals surface area contributed by atoms with Crippen LogP contribution in [0.3, 0.4) is 0 Å². The van der Waals surface area contributed by atoms with Crippen molar-refractivity contribution in [2.75, 3.05) is 11.1 Å². The number of aryl methyl sites for hydroxylation is 1. The van der Waals surface area contributed by atoms with E-state index in [0.717, 1.165) is 21.4 Å². The largest absolute Gasteiger partial charge is 0.369 e. The molecular formula is C19H19N3O2S. The number of amides is 2. The van der Waals surface area contributed by atoms with Gasteiger partial charge in [0.15, 0.2) is 0 Å². The van der Waals surface area contributed by atoms with Gasteiger partial charge in [0.1, 0.15) is 0 Å². The number of benzene rings is 2. The number of rotatable bonds is 6. The lowest BCUT2D eigenvalue weighted by Gasteiger charge is -2.10. The summed E-state index contributed by atoms with van der Waals surface area (Å²) in [6.45, 7) is 0. The van der Waals surface area contributed by atoms with E-state index in [2.05, 4.69) is 5.32 Å². The van der Waals surface area contributed by atoms with Gasteiger partial charge in [-0.1, -0.05) is 30.3 Å². The number of aromatic nitrogens is 1. The molecule has 0 aliphatic rings. The van der Waals surface area contributed by atoms with E-state index in [4.69, 9.17) is 5.73 Å². The highest BCUT2D eigenvalue weighted by molar-refractivity contribution is 8.00. The molecule has 1 heterocycles. The van der Waals surface area contributed by atoms with Gasteiger partial charge in [-0.25, -0.2) is 0 Å². The number of nitrogens with one attached hydrogen (secondary N) is 1. The second-order valence-electron chi connectivity index (χ2n) is 5.76. The first-order chi connectivity index (χ1) is 12.0. The maximum atomic E-state index is 12.5. The minimum Gasteiger partial charge on any atom is -0.369 e. The van der Waals surface area contributed by atoms with Crippen molar-refractivity contribution in [1.82, 2.24) is 4.57 Å². The number of nitrogens with two attached hydrogens (primary N) is 1. The quantitative estimate of drug-likeness (QED) is 0.669. The fourth-order valence-electron chi connectivity index (χ4n) is 2.78. The fourth-order valence-corrected chi connectivity index (χ4v) is 3.53. The third-order valence-corrected chi connectivity index (χ3v) is 4.96. The highest BCUT2D eigenvalue weighted by atomic mass is 32.2. The Morgan fingerprint density at radius 3 is 2.64 bits per heavy atom. The summed E-state index contributed by atoms with van der Waals surface area (Å²) in [4.78, 5) is 24.3. The van der Waals surface area contributed by atoms with Gasteiger partial charge in [-0.2, -0.15) is 0 Å². The average molecular weight is 353 g/mol. The van der Waals surface area contributed by atoms with Crippen LogP contribution in [-0.4, -0.2) is 22.1 Å². The van der Waals surface area contributed by atoms with Crippen LogP contribution < -0.4 is 11.1 Å². The van der Waals surface area contributed by atoms with Crippen LogP contribution in [0.15, 0.2) is 59.6 Å². The van der Waals surface area contributed by atoms with E-state index in [-0.39, 0.29) is 24.0 Å². The summed E-state index contributed by atoms with van der Waals surface area (Å²) in [5, 5.41) is 4.02. The van der Waals surface area contributed by atoms with E-state index in [1.54, 1.807) is 0 Å². The van der Waals surface area contributed by atoms with E-state index in [1.165, 1.54) is 11.8 Å². The molecule has 0 aliphatic heterocycles. The van der Waals surface area contributed by atoms with Crippen LogP contribution in [0.5, 0.6) is 0 Å². The second-order valence-corrected chi connectivity index (χ2v) is 6.78. The Morgan fingerprint density at radius 1 is 1.12 bits per heavy atom. The van der Waals surface area contributed by atoms with E-state index in [9.17, 15) is 9.59 Å². The molecule has 3 N–H and O–H groups in total. The molecule has 0 unspecified atom stereocenters. The minimum atomic E-state index is -0.387. The Labute approximate surface area is 150 Å². The zero-order valence-corrected chi connectivity index (χ0v) is 14.7. The summed E-state index contributed by atoms with van der Waals surface area (Å²) in [5.74, 6) is -0.304. The monoisotopic (exact) mass is 353 g/mol. The molecule has 5 nitrogen and oxygen atoms in total. The molecule has 2 aromatic carbocycles. The molecule has 1 aromatic heterocycles. The zero-order valence-electron chi connectivity index (χ0n) is 13.9.